The first-order valence-electron chi connectivity index (χ1n) is 9.25. The number of benzene rings is 2. The topological polar surface area (TPSA) is 101 Å². The first-order chi connectivity index (χ1) is 14.8. The molecule has 2 unspecified atom stereocenters. The zero-order valence-electron chi connectivity index (χ0n) is 18.0. The molecule has 168 valence electrons. The third-order valence-electron chi connectivity index (χ3n) is 4.23. The third kappa shape index (κ3) is 6.47. The van der Waals surface area contributed by atoms with Gasteiger partial charge in [0.05, 0.1) is 50.6 Å². The fourth-order valence-electron chi connectivity index (χ4n) is 2.64. The highest BCUT2D eigenvalue weighted by atomic mass is 32.2. The monoisotopic (exact) mass is 450 g/mol. The summed E-state index contributed by atoms with van der Waals surface area (Å²) >= 11 is 0. The summed E-state index contributed by atoms with van der Waals surface area (Å²) in [5, 5.41) is 10.9. The van der Waals surface area contributed by atoms with E-state index in [9.17, 15) is 14.1 Å². The normalized spacial score (nSPS) is 12.8. The van der Waals surface area contributed by atoms with Crippen molar-refractivity contribution in [3.63, 3.8) is 0 Å². The summed E-state index contributed by atoms with van der Waals surface area (Å²) < 4.78 is 39.0. The second-order valence-electron chi connectivity index (χ2n) is 6.36. The quantitative estimate of drug-likeness (QED) is 0.436. The number of ether oxygens (including phenoxy) is 5. The van der Waals surface area contributed by atoms with Gasteiger partial charge in [0.1, 0.15) is 23.4 Å². The maximum Gasteiger partial charge on any atom is 0.340 e. The summed E-state index contributed by atoms with van der Waals surface area (Å²) in [6.07, 6.45) is 0.380. The molecule has 2 aromatic carbocycles. The van der Waals surface area contributed by atoms with Gasteiger partial charge in [0.15, 0.2) is 11.5 Å². The van der Waals surface area contributed by atoms with Crippen molar-refractivity contribution >= 4 is 22.8 Å². The molecule has 0 heterocycles. The van der Waals surface area contributed by atoms with E-state index in [1.807, 2.05) is 0 Å². The SMILES string of the molecule is COc1cc(OC)c(/C=C/S(=O)Cc2ccc(OC)c(OC(=O)C(C)O)c2)c(OC)c1. The number of carbonyl (C=O) groups is 1. The lowest BCUT2D eigenvalue weighted by Crippen LogP contribution is -2.22. The van der Waals surface area contributed by atoms with E-state index in [0.29, 0.717) is 34.1 Å². The van der Waals surface area contributed by atoms with Gasteiger partial charge in [-0.25, -0.2) is 4.79 Å². The van der Waals surface area contributed by atoms with E-state index in [0.717, 1.165) is 0 Å². The minimum atomic E-state index is -1.39. The fraction of sp³-hybridized carbons (Fsp3) is 0.318. The second-order valence-corrected chi connectivity index (χ2v) is 7.68. The predicted octanol–water partition coefficient (Wildman–Crippen LogP) is 2.93. The maximum atomic E-state index is 12.6. The van der Waals surface area contributed by atoms with Crippen molar-refractivity contribution in [2.75, 3.05) is 28.4 Å². The number of methoxy groups -OCH3 is 4. The van der Waals surface area contributed by atoms with Crippen LogP contribution in [0.3, 0.4) is 0 Å². The van der Waals surface area contributed by atoms with E-state index in [1.54, 1.807) is 43.5 Å². The number of rotatable bonds is 10. The van der Waals surface area contributed by atoms with Gasteiger partial charge in [-0.3, -0.25) is 4.21 Å². The van der Waals surface area contributed by atoms with E-state index in [-0.39, 0.29) is 11.5 Å². The summed E-state index contributed by atoms with van der Waals surface area (Å²) in [6.45, 7) is 1.31. The lowest BCUT2D eigenvalue weighted by molar-refractivity contribution is -0.142. The van der Waals surface area contributed by atoms with Crippen LogP contribution in [0.1, 0.15) is 18.1 Å². The van der Waals surface area contributed by atoms with Gasteiger partial charge in [0, 0.05) is 17.5 Å². The predicted molar refractivity (Wildman–Crippen MR) is 117 cm³/mol. The Balaban J connectivity index is 2.23. The molecule has 2 rings (SSSR count). The molecule has 2 aromatic rings. The Labute approximate surface area is 183 Å². The van der Waals surface area contributed by atoms with Crippen LogP contribution >= 0.6 is 0 Å². The van der Waals surface area contributed by atoms with Crippen LogP contribution in [-0.2, 0) is 21.3 Å². The molecule has 0 amide bonds. The number of esters is 1. The van der Waals surface area contributed by atoms with Crippen LogP contribution in [0.4, 0.5) is 0 Å². The molecule has 1 N–H and O–H groups in total. The number of carbonyl (C=O) groups excluding carboxylic acids is 1. The van der Waals surface area contributed by atoms with Gasteiger partial charge in [0.2, 0.25) is 0 Å². The molecule has 8 nitrogen and oxygen atoms in total. The Morgan fingerprint density at radius 3 is 2.10 bits per heavy atom. The molecule has 0 aliphatic carbocycles. The second kappa shape index (κ2) is 11.4. The van der Waals surface area contributed by atoms with Crippen molar-refractivity contribution in [1.29, 1.82) is 0 Å². The van der Waals surface area contributed by atoms with Gasteiger partial charge in [-0.15, -0.1) is 0 Å². The lowest BCUT2D eigenvalue weighted by atomic mass is 10.1. The van der Waals surface area contributed by atoms with Gasteiger partial charge >= 0.3 is 5.97 Å². The maximum absolute atomic E-state index is 12.6. The number of aliphatic hydroxyl groups is 1. The fourth-order valence-corrected chi connectivity index (χ4v) is 3.53. The minimum absolute atomic E-state index is 0.144. The van der Waals surface area contributed by atoms with E-state index >= 15 is 0 Å². The molecule has 31 heavy (non-hydrogen) atoms. The van der Waals surface area contributed by atoms with Crippen LogP contribution in [0.25, 0.3) is 6.08 Å². The van der Waals surface area contributed by atoms with Crippen LogP contribution in [0.5, 0.6) is 28.7 Å². The molecule has 2 atom stereocenters. The van der Waals surface area contributed by atoms with Crippen LogP contribution in [0.15, 0.2) is 35.7 Å². The molecule has 0 saturated heterocycles. The molecule has 0 aliphatic rings. The number of hydrogen-bond donors (Lipinski definition) is 1. The molecule has 0 radical (unpaired) electrons. The molecular formula is C22H26O8S. The Bertz CT molecular complexity index is 943. The number of aliphatic hydroxyl groups excluding tert-OH is 1. The van der Waals surface area contributed by atoms with Crippen LogP contribution in [0, 0.1) is 0 Å². The summed E-state index contributed by atoms with van der Waals surface area (Å²) in [6, 6.07) is 8.30. The molecule has 0 aromatic heterocycles. The van der Waals surface area contributed by atoms with Crippen LogP contribution in [0.2, 0.25) is 0 Å². The average molecular weight is 451 g/mol. The minimum Gasteiger partial charge on any atom is -0.496 e. The van der Waals surface area contributed by atoms with Crippen molar-refractivity contribution in [3.05, 3.63) is 46.9 Å². The van der Waals surface area contributed by atoms with Gasteiger partial charge in [-0.1, -0.05) is 6.07 Å². The van der Waals surface area contributed by atoms with Crippen molar-refractivity contribution in [3.8, 4) is 28.7 Å². The zero-order valence-corrected chi connectivity index (χ0v) is 18.9. The van der Waals surface area contributed by atoms with Gasteiger partial charge < -0.3 is 28.8 Å². The zero-order chi connectivity index (χ0) is 23.0. The first kappa shape index (κ1) is 24.2. The standard InChI is InChI=1S/C22H26O8S/c1-14(23)22(24)30-21-10-15(6-7-18(21)27-3)13-31(25)9-8-17-19(28-4)11-16(26-2)12-20(17)29-5/h6-12,14,23H,13H2,1-5H3/b9-8+. The summed E-state index contributed by atoms with van der Waals surface area (Å²) in [7, 11) is 4.63. The Morgan fingerprint density at radius 1 is 0.968 bits per heavy atom. The van der Waals surface area contributed by atoms with Gasteiger partial charge in [-0.05, 0) is 30.7 Å². The van der Waals surface area contributed by atoms with E-state index in [4.69, 9.17) is 23.7 Å². The molecule has 9 heteroatoms. The summed E-state index contributed by atoms with van der Waals surface area (Å²) in [4.78, 5) is 11.7. The Morgan fingerprint density at radius 2 is 1.58 bits per heavy atom. The highest BCUT2D eigenvalue weighted by Gasteiger charge is 2.16. The van der Waals surface area contributed by atoms with E-state index in [1.165, 1.54) is 33.7 Å². The van der Waals surface area contributed by atoms with Crippen molar-refractivity contribution in [1.82, 2.24) is 0 Å². The molecule has 0 fully saturated rings. The van der Waals surface area contributed by atoms with E-state index < -0.39 is 22.9 Å². The molecule has 0 saturated carbocycles. The van der Waals surface area contributed by atoms with Crippen LogP contribution in [-0.4, -0.2) is 49.8 Å². The molecule has 0 aliphatic heterocycles. The Hall–Kier alpha value is -3.04. The van der Waals surface area contributed by atoms with Crippen molar-refractivity contribution in [2.24, 2.45) is 0 Å². The highest BCUT2D eigenvalue weighted by molar-refractivity contribution is 7.87. The van der Waals surface area contributed by atoms with Crippen LogP contribution < -0.4 is 23.7 Å². The Kier molecular flexibility index (Phi) is 8.89. The molecular weight excluding hydrogens is 424 g/mol. The smallest absolute Gasteiger partial charge is 0.340 e. The van der Waals surface area contributed by atoms with Gasteiger partial charge in [0.25, 0.3) is 0 Å². The third-order valence-corrected chi connectivity index (χ3v) is 5.29. The largest absolute Gasteiger partial charge is 0.496 e. The lowest BCUT2D eigenvalue weighted by Gasteiger charge is -2.13. The van der Waals surface area contributed by atoms with Gasteiger partial charge in [-0.2, -0.15) is 0 Å². The highest BCUT2D eigenvalue weighted by Crippen LogP contribution is 2.35. The summed E-state index contributed by atoms with van der Waals surface area (Å²) in [5.41, 5.74) is 1.28. The first-order valence-corrected chi connectivity index (χ1v) is 10.6. The molecule has 0 bridgehead atoms. The summed E-state index contributed by atoms with van der Waals surface area (Å²) in [5.74, 6) is 1.43. The van der Waals surface area contributed by atoms with Crippen molar-refractivity contribution in [2.45, 2.75) is 18.8 Å². The number of hydrogen-bond acceptors (Lipinski definition) is 8. The van der Waals surface area contributed by atoms with Crippen molar-refractivity contribution < 1.29 is 37.8 Å². The average Bonchev–Trinajstić information content (AvgIpc) is 2.77. The molecule has 0 spiro atoms. The van der Waals surface area contributed by atoms with E-state index in [2.05, 4.69) is 0 Å².